The van der Waals surface area contributed by atoms with Gasteiger partial charge in [-0.25, -0.2) is 0 Å². The van der Waals surface area contributed by atoms with E-state index in [0.29, 0.717) is 5.92 Å². The Morgan fingerprint density at radius 1 is 1.43 bits per heavy atom. The fraction of sp³-hybridized carbons (Fsp3) is 0.417. The zero-order valence-electron chi connectivity index (χ0n) is 8.36. The summed E-state index contributed by atoms with van der Waals surface area (Å²) in [6, 6.07) is 8.21. The number of hydrogen-bond acceptors (Lipinski definition) is 2. The maximum absolute atomic E-state index is 10.8. The number of anilines is 1. The maximum atomic E-state index is 10.8. The van der Waals surface area contributed by atoms with Gasteiger partial charge in [-0.3, -0.25) is 0 Å². The van der Waals surface area contributed by atoms with Crippen LogP contribution in [0, 0.1) is 5.92 Å². The third-order valence-electron chi connectivity index (χ3n) is 2.75. The molecule has 0 fully saturated rings. The minimum atomic E-state index is -0.0198. The fourth-order valence-corrected chi connectivity index (χ4v) is 2.08. The van der Waals surface area contributed by atoms with Gasteiger partial charge >= 0.3 is 0 Å². The van der Waals surface area contributed by atoms with Gasteiger partial charge in [-0.15, -0.1) is 0 Å². The van der Waals surface area contributed by atoms with E-state index in [1.165, 1.54) is 5.56 Å². The van der Waals surface area contributed by atoms with Crippen LogP contribution in [0.2, 0.25) is 0 Å². The number of para-hydroxylation sites is 1. The van der Waals surface area contributed by atoms with Crippen LogP contribution in [-0.4, -0.2) is 12.3 Å². The summed E-state index contributed by atoms with van der Waals surface area (Å²) in [5.41, 5.74) is 2.44. The highest BCUT2D eigenvalue weighted by atomic mass is 16.1. The predicted octanol–water partition coefficient (Wildman–Crippen LogP) is 2.25. The summed E-state index contributed by atoms with van der Waals surface area (Å²) in [6.45, 7) is 2.19. The van der Waals surface area contributed by atoms with Crippen molar-refractivity contribution in [2.24, 2.45) is 5.92 Å². The molecule has 1 aliphatic heterocycles. The number of fused-ring (bicyclic) bond motifs is 1. The molecule has 74 valence electrons. The summed E-state index contributed by atoms with van der Waals surface area (Å²) < 4.78 is 0. The van der Waals surface area contributed by atoms with Crippen LogP contribution in [0.3, 0.4) is 0 Å². The van der Waals surface area contributed by atoms with Gasteiger partial charge in [0.05, 0.1) is 6.04 Å². The number of benzene rings is 1. The molecule has 0 spiro atoms. The van der Waals surface area contributed by atoms with Crippen LogP contribution < -0.4 is 5.32 Å². The molecule has 0 aromatic heterocycles. The van der Waals surface area contributed by atoms with Crippen molar-refractivity contribution in [3.05, 3.63) is 29.8 Å². The molecular formula is C12H15NO. The minimum absolute atomic E-state index is 0.0198. The lowest BCUT2D eigenvalue weighted by Gasteiger charge is -2.12. The van der Waals surface area contributed by atoms with E-state index in [1.807, 2.05) is 12.1 Å². The first-order valence-electron chi connectivity index (χ1n) is 5.09. The average molecular weight is 189 g/mol. The van der Waals surface area contributed by atoms with E-state index >= 15 is 0 Å². The zero-order chi connectivity index (χ0) is 9.97. The topological polar surface area (TPSA) is 29.1 Å². The second-order valence-corrected chi connectivity index (χ2v) is 4.09. The summed E-state index contributed by atoms with van der Waals surface area (Å²) in [6.07, 6.45) is 3.00. The van der Waals surface area contributed by atoms with Crippen molar-refractivity contribution in [2.75, 3.05) is 5.32 Å². The highest BCUT2D eigenvalue weighted by Gasteiger charge is 2.19. The summed E-state index contributed by atoms with van der Waals surface area (Å²) in [7, 11) is 0. The van der Waals surface area contributed by atoms with Gasteiger partial charge in [0.2, 0.25) is 0 Å². The SMILES string of the molecule is CC1Cc2ccccc2NC(C=O)C1. The largest absolute Gasteiger partial charge is 0.375 e. The highest BCUT2D eigenvalue weighted by Crippen LogP contribution is 2.26. The Kier molecular flexibility index (Phi) is 2.53. The molecule has 1 aliphatic rings. The molecule has 0 amide bonds. The molecule has 2 nitrogen and oxygen atoms in total. The quantitative estimate of drug-likeness (QED) is 0.686. The summed E-state index contributed by atoms with van der Waals surface area (Å²) in [5, 5.41) is 3.27. The number of aldehydes is 1. The number of carbonyl (C=O) groups is 1. The number of rotatable bonds is 1. The van der Waals surface area contributed by atoms with Crippen molar-refractivity contribution >= 4 is 12.0 Å². The normalized spacial score (nSPS) is 25.8. The summed E-state index contributed by atoms with van der Waals surface area (Å²) >= 11 is 0. The Morgan fingerprint density at radius 2 is 2.21 bits per heavy atom. The lowest BCUT2D eigenvalue weighted by molar-refractivity contribution is -0.108. The molecule has 0 saturated carbocycles. The Balaban J connectivity index is 2.32. The molecule has 0 bridgehead atoms. The van der Waals surface area contributed by atoms with Crippen LogP contribution in [0.15, 0.2) is 24.3 Å². The molecule has 1 aromatic rings. The van der Waals surface area contributed by atoms with Crippen LogP contribution in [0.25, 0.3) is 0 Å². The summed E-state index contributed by atoms with van der Waals surface area (Å²) in [5.74, 6) is 0.571. The molecule has 1 aromatic carbocycles. The lowest BCUT2D eigenvalue weighted by Crippen LogP contribution is -2.21. The van der Waals surface area contributed by atoms with E-state index in [4.69, 9.17) is 0 Å². The third kappa shape index (κ3) is 1.79. The van der Waals surface area contributed by atoms with Crippen LogP contribution in [-0.2, 0) is 11.2 Å². The molecule has 2 unspecified atom stereocenters. The highest BCUT2D eigenvalue weighted by molar-refractivity contribution is 5.66. The molecule has 2 heteroatoms. The van der Waals surface area contributed by atoms with Gasteiger partial charge in [-0.05, 0) is 30.4 Å². The molecule has 1 N–H and O–H groups in total. The van der Waals surface area contributed by atoms with Gasteiger partial charge in [0.15, 0.2) is 0 Å². The standard InChI is InChI=1S/C12H15NO/c1-9-6-10-4-2-3-5-12(10)13-11(7-9)8-14/h2-5,8-9,11,13H,6-7H2,1H3. The second-order valence-electron chi connectivity index (χ2n) is 4.09. The van der Waals surface area contributed by atoms with Gasteiger partial charge in [-0.2, -0.15) is 0 Å². The first-order chi connectivity index (χ1) is 6.79. The molecule has 1 heterocycles. The third-order valence-corrected chi connectivity index (χ3v) is 2.75. The van der Waals surface area contributed by atoms with Crippen molar-refractivity contribution in [1.82, 2.24) is 0 Å². The van der Waals surface area contributed by atoms with E-state index in [0.717, 1.165) is 24.8 Å². The van der Waals surface area contributed by atoms with E-state index < -0.39 is 0 Å². The number of carbonyl (C=O) groups excluding carboxylic acids is 1. The zero-order valence-corrected chi connectivity index (χ0v) is 8.36. The lowest BCUT2D eigenvalue weighted by atomic mass is 9.97. The Bertz CT molecular complexity index is 335. The molecule has 2 rings (SSSR count). The molecule has 0 radical (unpaired) electrons. The van der Waals surface area contributed by atoms with E-state index in [-0.39, 0.29) is 6.04 Å². The van der Waals surface area contributed by atoms with Crippen molar-refractivity contribution in [2.45, 2.75) is 25.8 Å². The van der Waals surface area contributed by atoms with Crippen molar-refractivity contribution in [1.29, 1.82) is 0 Å². The summed E-state index contributed by atoms with van der Waals surface area (Å²) in [4.78, 5) is 10.8. The van der Waals surface area contributed by atoms with Crippen molar-refractivity contribution < 1.29 is 4.79 Å². The fourth-order valence-electron chi connectivity index (χ4n) is 2.08. The van der Waals surface area contributed by atoms with Crippen molar-refractivity contribution in [3.63, 3.8) is 0 Å². The van der Waals surface area contributed by atoms with Crippen molar-refractivity contribution in [3.8, 4) is 0 Å². The van der Waals surface area contributed by atoms with Gasteiger partial charge in [-0.1, -0.05) is 25.1 Å². The predicted molar refractivity (Wildman–Crippen MR) is 57.4 cm³/mol. The second kappa shape index (κ2) is 3.82. The van der Waals surface area contributed by atoms with Gasteiger partial charge in [0.25, 0.3) is 0 Å². The number of nitrogens with one attached hydrogen (secondary N) is 1. The van der Waals surface area contributed by atoms with Crippen LogP contribution in [0.4, 0.5) is 5.69 Å². The molecular weight excluding hydrogens is 174 g/mol. The van der Waals surface area contributed by atoms with Crippen LogP contribution in [0.5, 0.6) is 0 Å². The van der Waals surface area contributed by atoms with Gasteiger partial charge in [0, 0.05) is 5.69 Å². The van der Waals surface area contributed by atoms with Gasteiger partial charge in [0.1, 0.15) is 6.29 Å². The number of hydrogen-bond donors (Lipinski definition) is 1. The first-order valence-corrected chi connectivity index (χ1v) is 5.09. The van der Waals surface area contributed by atoms with Gasteiger partial charge < -0.3 is 10.1 Å². The molecule has 0 aliphatic carbocycles. The Hall–Kier alpha value is -1.31. The van der Waals surface area contributed by atoms with Crippen LogP contribution in [0.1, 0.15) is 18.9 Å². The Morgan fingerprint density at radius 3 is 3.00 bits per heavy atom. The first kappa shape index (κ1) is 9.25. The van der Waals surface area contributed by atoms with Crippen LogP contribution >= 0.6 is 0 Å². The molecule has 2 atom stereocenters. The van der Waals surface area contributed by atoms with E-state index in [9.17, 15) is 4.79 Å². The molecule has 0 saturated heterocycles. The van der Waals surface area contributed by atoms with E-state index in [1.54, 1.807) is 0 Å². The molecule has 14 heavy (non-hydrogen) atoms. The van der Waals surface area contributed by atoms with E-state index in [2.05, 4.69) is 24.4 Å². The Labute approximate surface area is 84.3 Å². The maximum Gasteiger partial charge on any atom is 0.142 e. The average Bonchev–Trinajstić information content (AvgIpc) is 2.35. The monoisotopic (exact) mass is 189 g/mol. The minimum Gasteiger partial charge on any atom is -0.375 e. The smallest absolute Gasteiger partial charge is 0.142 e.